The highest BCUT2D eigenvalue weighted by atomic mass is 32.1. The fourth-order valence-electron chi connectivity index (χ4n) is 1.98. The zero-order valence-electron chi connectivity index (χ0n) is 12.2. The molecule has 0 spiro atoms. The second kappa shape index (κ2) is 7.87. The molecule has 0 aliphatic carbocycles. The fraction of sp³-hybridized carbons (Fsp3) is 0.786. The first kappa shape index (κ1) is 15.6. The maximum atomic E-state index is 5.56. The predicted octanol–water partition coefficient (Wildman–Crippen LogP) is 3.55. The number of aromatic nitrogens is 1. The first-order chi connectivity index (χ1) is 8.63. The van der Waals surface area contributed by atoms with E-state index in [0.29, 0.717) is 5.92 Å². The van der Waals surface area contributed by atoms with Crippen molar-refractivity contribution in [3.63, 3.8) is 0 Å². The molecule has 1 unspecified atom stereocenters. The number of hydrogen-bond donors (Lipinski definition) is 1. The Labute approximate surface area is 115 Å². The van der Waals surface area contributed by atoms with E-state index in [1.807, 2.05) is 0 Å². The van der Waals surface area contributed by atoms with Crippen LogP contribution in [0.5, 0.6) is 0 Å². The van der Waals surface area contributed by atoms with Gasteiger partial charge in [0.05, 0.1) is 5.69 Å². The van der Waals surface area contributed by atoms with Crippen molar-refractivity contribution in [1.82, 2.24) is 10.3 Å². The van der Waals surface area contributed by atoms with Crippen LogP contribution in [-0.2, 0) is 17.7 Å². The van der Waals surface area contributed by atoms with Crippen LogP contribution in [0.15, 0.2) is 0 Å². The monoisotopic (exact) mass is 270 g/mol. The van der Waals surface area contributed by atoms with E-state index >= 15 is 0 Å². The Balaban J connectivity index is 2.82. The number of hydrogen-bond acceptors (Lipinski definition) is 4. The van der Waals surface area contributed by atoms with Crippen LogP contribution < -0.4 is 5.32 Å². The smallest absolute Gasteiger partial charge is 0.122 e. The van der Waals surface area contributed by atoms with Gasteiger partial charge < -0.3 is 10.1 Å². The Kier molecular flexibility index (Phi) is 6.82. The van der Waals surface area contributed by atoms with Gasteiger partial charge in [-0.15, -0.1) is 11.3 Å². The number of thiazole rings is 1. The van der Waals surface area contributed by atoms with Crippen LogP contribution in [0.25, 0.3) is 0 Å². The summed E-state index contributed by atoms with van der Waals surface area (Å²) in [6.45, 7) is 10.7. The van der Waals surface area contributed by atoms with Crippen LogP contribution in [0.4, 0.5) is 0 Å². The molecule has 1 rings (SSSR count). The Morgan fingerprint density at radius 1 is 1.33 bits per heavy atom. The van der Waals surface area contributed by atoms with Crippen molar-refractivity contribution in [3.8, 4) is 0 Å². The van der Waals surface area contributed by atoms with Crippen LogP contribution in [0, 0.1) is 5.92 Å². The van der Waals surface area contributed by atoms with Gasteiger partial charge in [0.25, 0.3) is 0 Å². The molecule has 4 heteroatoms. The lowest BCUT2D eigenvalue weighted by molar-refractivity contribution is 0.0643. The molecule has 104 valence electrons. The van der Waals surface area contributed by atoms with Crippen molar-refractivity contribution in [2.24, 2.45) is 5.92 Å². The highest BCUT2D eigenvalue weighted by Crippen LogP contribution is 2.31. The molecule has 0 radical (unpaired) electrons. The maximum absolute atomic E-state index is 5.56. The Hall–Kier alpha value is -0.450. The predicted molar refractivity (Wildman–Crippen MR) is 78.1 cm³/mol. The van der Waals surface area contributed by atoms with Gasteiger partial charge in [-0.3, -0.25) is 0 Å². The summed E-state index contributed by atoms with van der Waals surface area (Å²) in [6, 6.07) is 0. The third-order valence-electron chi connectivity index (χ3n) is 2.94. The Morgan fingerprint density at radius 2 is 2.06 bits per heavy atom. The van der Waals surface area contributed by atoms with Gasteiger partial charge in [-0.1, -0.05) is 27.7 Å². The van der Waals surface area contributed by atoms with E-state index in [2.05, 4.69) is 33.0 Å². The zero-order valence-corrected chi connectivity index (χ0v) is 13.1. The molecule has 0 saturated carbocycles. The van der Waals surface area contributed by atoms with E-state index < -0.39 is 0 Å². The number of ether oxygens (including phenoxy) is 1. The quantitative estimate of drug-likeness (QED) is 0.734. The third-order valence-corrected chi connectivity index (χ3v) is 4.10. The lowest BCUT2D eigenvalue weighted by Crippen LogP contribution is -2.13. The van der Waals surface area contributed by atoms with Crippen LogP contribution in [0.1, 0.15) is 55.8 Å². The van der Waals surface area contributed by atoms with Gasteiger partial charge in [-0.05, 0) is 25.3 Å². The van der Waals surface area contributed by atoms with E-state index in [0.717, 1.165) is 24.5 Å². The summed E-state index contributed by atoms with van der Waals surface area (Å²) in [4.78, 5) is 6.12. The van der Waals surface area contributed by atoms with Crippen LogP contribution in [0.2, 0.25) is 0 Å². The normalized spacial score (nSPS) is 13.2. The van der Waals surface area contributed by atoms with Gasteiger partial charge in [0.15, 0.2) is 0 Å². The number of rotatable bonds is 8. The minimum atomic E-state index is 0.125. The first-order valence-corrected chi connectivity index (χ1v) is 7.67. The van der Waals surface area contributed by atoms with E-state index in [-0.39, 0.29) is 6.10 Å². The van der Waals surface area contributed by atoms with E-state index in [9.17, 15) is 0 Å². The van der Waals surface area contributed by atoms with Crippen molar-refractivity contribution in [3.05, 3.63) is 15.6 Å². The molecule has 0 fully saturated rings. The van der Waals surface area contributed by atoms with Crippen molar-refractivity contribution >= 4 is 11.3 Å². The summed E-state index contributed by atoms with van der Waals surface area (Å²) in [5.41, 5.74) is 1.22. The highest BCUT2D eigenvalue weighted by Gasteiger charge is 2.20. The van der Waals surface area contributed by atoms with Gasteiger partial charge >= 0.3 is 0 Å². The molecule has 1 aromatic rings. The average molecular weight is 270 g/mol. The lowest BCUT2D eigenvalue weighted by atomic mass is 10.1. The summed E-state index contributed by atoms with van der Waals surface area (Å²) in [6.07, 6.45) is 2.29. The molecule has 0 aliphatic heterocycles. The standard InChI is InChI=1S/C14H26N2OS/c1-6-8-15-9-12-11(7-2)16-14(18-12)13(17-5)10(3)4/h10,13,15H,6-9H2,1-5H3. The van der Waals surface area contributed by atoms with E-state index in [1.54, 1.807) is 18.4 Å². The van der Waals surface area contributed by atoms with Gasteiger partial charge in [0.1, 0.15) is 11.1 Å². The summed E-state index contributed by atoms with van der Waals surface area (Å²) in [5, 5.41) is 4.58. The van der Waals surface area contributed by atoms with Crippen molar-refractivity contribution < 1.29 is 4.74 Å². The summed E-state index contributed by atoms with van der Waals surface area (Å²) in [7, 11) is 1.77. The van der Waals surface area contributed by atoms with Gasteiger partial charge in [-0.25, -0.2) is 4.98 Å². The van der Waals surface area contributed by atoms with Crippen molar-refractivity contribution in [2.75, 3.05) is 13.7 Å². The molecular weight excluding hydrogens is 244 g/mol. The zero-order chi connectivity index (χ0) is 13.5. The largest absolute Gasteiger partial charge is 0.374 e. The molecule has 1 N–H and O–H groups in total. The molecule has 0 aliphatic rings. The second-order valence-electron chi connectivity index (χ2n) is 4.85. The Bertz CT molecular complexity index is 350. The highest BCUT2D eigenvalue weighted by molar-refractivity contribution is 7.11. The average Bonchev–Trinajstić information content (AvgIpc) is 2.73. The molecule has 1 heterocycles. The topological polar surface area (TPSA) is 34.1 Å². The molecule has 3 nitrogen and oxygen atoms in total. The molecule has 0 aromatic carbocycles. The summed E-state index contributed by atoms with van der Waals surface area (Å²) >= 11 is 1.80. The van der Waals surface area contributed by atoms with Crippen molar-refractivity contribution in [2.45, 2.75) is 53.2 Å². The number of aryl methyl sites for hydroxylation is 1. The van der Waals surface area contributed by atoms with Crippen LogP contribution in [0.3, 0.4) is 0 Å². The molecule has 0 saturated heterocycles. The third kappa shape index (κ3) is 4.04. The summed E-state index contributed by atoms with van der Waals surface area (Å²) < 4.78 is 5.56. The molecule has 0 bridgehead atoms. The minimum absolute atomic E-state index is 0.125. The SMILES string of the molecule is CCCNCc1sc(C(OC)C(C)C)nc1CC. The molecule has 0 amide bonds. The minimum Gasteiger partial charge on any atom is -0.374 e. The number of methoxy groups -OCH3 is 1. The molecule has 18 heavy (non-hydrogen) atoms. The molecule has 1 atom stereocenters. The number of nitrogens with one attached hydrogen (secondary N) is 1. The van der Waals surface area contributed by atoms with Crippen LogP contribution in [-0.4, -0.2) is 18.6 Å². The summed E-state index contributed by atoms with van der Waals surface area (Å²) in [5.74, 6) is 0.460. The fourth-order valence-corrected chi connectivity index (χ4v) is 3.35. The van der Waals surface area contributed by atoms with E-state index in [4.69, 9.17) is 9.72 Å². The lowest BCUT2D eigenvalue weighted by Gasteiger charge is -2.16. The van der Waals surface area contributed by atoms with Crippen LogP contribution >= 0.6 is 11.3 Å². The Morgan fingerprint density at radius 3 is 2.56 bits per heavy atom. The van der Waals surface area contributed by atoms with Gasteiger partial charge in [-0.2, -0.15) is 0 Å². The second-order valence-corrected chi connectivity index (χ2v) is 5.97. The molecular formula is C14H26N2OS. The van der Waals surface area contributed by atoms with Crippen molar-refractivity contribution in [1.29, 1.82) is 0 Å². The van der Waals surface area contributed by atoms with Gasteiger partial charge in [0.2, 0.25) is 0 Å². The number of nitrogens with zero attached hydrogens (tertiary/aromatic N) is 1. The molecule has 1 aromatic heterocycles. The van der Waals surface area contributed by atoms with Gasteiger partial charge in [0, 0.05) is 18.5 Å². The first-order valence-electron chi connectivity index (χ1n) is 6.85. The maximum Gasteiger partial charge on any atom is 0.122 e. The van der Waals surface area contributed by atoms with E-state index in [1.165, 1.54) is 17.0 Å².